The van der Waals surface area contributed by atoms with E-state index < -0.39 is 0 Å². The summed E-state index contributed by atoms with van der Waals surface area (Å²) >= 11 is 0. The van der Waals surface area contributed by atoms with Crippen LogP contribution in [0.1, 0.15) is 88.7 Å². The van der Waals surface area contributed by atoms with Gasteiger partial charge in [-0.3, -0.25) is 4.79 Å². The van der Waals surface area contributed by atoms with E-state index in [1.54, 1.807) is 0 Å². The first-order chi connectivity index (χ1) is 15.1. The Labute approximate surface area is 187 Å². The van der Waals surface area contributed by atoms with Crippen molar-refractivity contribution >= 4 is 5.78 Å². The predicted molar refractivity (Wildman–Crippen MR) is 127 cm³/mol. The van der Waals surface area contributed by atoms with Crippen LogP contribution in [0.25, 0.3) is 11.1 Å². The first-order valence-corrected chi connectivity index (χ1v) is 12.3. The summed E-state index contributed by atoms with van der Waals surface area (Å²) in [4.78, 5) is 12.2. The summed E-state index contributed by atoms with van der Waals surface area (Å²) in [6.07, 6.45) is 13.1. The predicted octanol–water partition coefficient (Wildman–Crippen LogP) is 7.60. The number of Topliss-reactive ketones (excluding diaryl/α,β-unsaturated/α-hetero) is 1. The van der Waals surface area contributed by atoms with Gasteiger partial charge in [0.15, 0.2) is 0 Å². The highest BCUT2D eigenvalue weighted by atomic mass is 16.1. The van der Waals surface area contributed by atoms with Crippen LogP contribution < -0.4 is 0 Å². The molecule has 0 atom stereocenters. The van der Waals surface area contributed by atoms with Gasteiger partial charge in [-0.1, -0.05) is 69.0 Å². The van der Waals surface area contributed by atoms with Crippen molar-refractivity contribution in [3.8, 4) is 17.2 Å². The molecule has 2 aliphatic carbocycles. The number of rotatable bonds is 7. The molecule has 0 unspecified atom stereocenters. The van der Waals surface area contributed by atoms with Gasteiger partial charge in [0.2, 0.25) is 0 Å². The molecule has 2 aromatic carbocycles. The van der Waals surface area contributed by atoms with E-state index >= 15 is 0 Å². The average Bonchev–Trinajstić information content (AvgIpc) is 3.38. The minimum absolute atomic E-state index is 0.146. The van der Waals surface area contributed by atoms with Gasteiger partial charge in [-0.2, -0.15) is 5.26 Å². The third-order valence-electron chi connectivity index (χ3n) is 8.15. The molecule has 0 aromatic heterocycles. The number of ketones is 1. The molecule has 2 heteroatoms. The largest absolute Gasteiger partial charge is 0.300 e. The summed E-state index contributed by atoms with van der Waals surface area (Å²) < 4.78 is 0. The van der Waals surface area contributed by atoms with E-state index in [0.717, 1.165) is 29.4 Å². The van der Waals surface area contributed by atoms with Crippen molar-refractivity contribution < 1.29 is 4.79 Å². The van der Waals surface area contributed by atoms with E-state index in [1.165, 1.54) is 56.9 Å². The second-order valence-electron chi connectivity index (χ2n) is 9.82. The molecule has 2 aromatic rings. The van der Waals surface area contributed by atoms with Gasteiger partial charge in [0.1, 0.15) is 5.78 Å². The molecule has 162 valence electrons. The summed E-state index contributed by atoms with van der Waals surface area (Å²) in [5, 5.41) is 9.20. The molecule has 0 amide bonds. The van der Waals surface area contributed by atoms with E-state index in [1.807, 2.05) is 25.1 Å². The fraction of sp³-hybridized carbons (Fsp3) is 0.517. The molecule has 0 spiro atoms. The minimum atomic E-state index is 0.146. The topological polar surface area (TPSA) is 40.9 Å². The van der Waals surface area contributed by atoms with E-state index in [9.17, 15) is 10.1 Å². The van der Waals surface area contributed by atoms with Crippen molar-refractivity contribution in [2.75, 3.05) is 0 Å². The highest BCUT2D eigenvalue weighted by Gasteiger charge is 2.39. The van der Waals surface area contributed by atoms with Gasteiger partial charge in [-0.05, 0) is 78.2 Å². The maximum absolute atomic E-state index is 12.2. The van der Waals surface area contributed by atoms with E-state index in [4.69, 9.17) is 0 Å². The molecule has 0 saturated heterocycles. The van der Waals surface area contributed by atoms with Crippen molar-refractivity contribution in [3.63, 3.8) is 0 Å². The molecular formula is C29H35NO. The number of benzene rings is 2. The van der Waals surface area contributed by atoms with Crippen LogP contribution in [0.4, 0.5) is 0 Å². The fourth-order valence-electron chi connectivity index (χ4n) is 6.12. The molecule has 2 fully saturated rings. The standard InChI is InChI=1S/C29H35NO/c1-2-28(31)16-19-29(17-14-25(15-18-29)23-7-3-4-8-23)27-12-10-24(11-13-27)26-9-5-6-22(20-26)21-30/h5-6,9-13,20,23,25H,2-4,7-8,14-19H2,1H3. The smallest absolute Gasteiger partial charge is 0.132 e. The Morgan fingerprint density at radius 3 is 2.29 bits per heavy atom. The monoisotopic (exact) mass is 413 g/mol. The van der Waals surface area contributed by atoms with Crippen LogP contribution in [0.5, 0.6) is 0 Å². The third kappa shape index (κ3) is 4.93. The van der Waals surface area contributed by atoms with Gasteiger partial charge in [-0.15, -0.1) is 0 Å². The zero-order chi connectivity index (χ0) is 21.7. The number of carbonyl (C=O) groups excluding carboxylic acids is 1. The minimum Gasteiger partial charge on any atom is -0.300 e. The second kappa shape index (κ2) is 9.82. The lowest BCUT2D eigenvalue weighted by Gasteiger charge is -2.42. The summed E-state index contributed by atoms with van der Waals surface area (Å²) in [6.45, 7) is 1.98. The molecule has 0 bridgehead atoms. The Morgan fingerprint density at radius 2 is 1.65 bits per heavy atom. The molecule has 2 aliphatic rings. The molecule has 0 heterocycles. The number of hydrogen-bond acceptors (Lipinski definition) is 2. The van der Waals surface area contributed by atoms with Gasteiger partial charge >= 0.3 is 0 Å². The highest BCUT2D eigenvalue weighted by Crippen LogP contribution is 2.49. The molecule has 0 N–H and O–H groups in total. The van der Waals surface area contributed by atoms with Crippen LogP contribution in [0, 0.1) is 23.2 Å². The SMILES string of the molecule is CCC(=O)CCC1(c2ccc(-c3cccc(C#N)c3)cc2)CCC(C2CCCC2)CC1. The molecule has 31 heavy (non-hydrogen) atoms. The van der Waals surface area contributed by atoms with Crippen molar-refractivity contribution in [1.29, 1.82) is 5.26 Å². The van der Waals surface area contributed by atoms with Gasteiger partial charge in [0.05, 0.1) is 11.6 Å². The van der Waals surface area contributed by atoms with Crippen molar-refractivity contribution in [2.45, 2.75) is 83.0 Å². The summed E-state index contributed by atoms with van der Waals surface area (Å²) in [7, 11) is 0. The Kier molecular flexibility index (Phi) is 6.91. The Morgan fingerprint density at radius 1 is 0.968 bits per heavy atom. The molecular weight excluding hydrogens is 378 g/mol. The van der Waals surface area contributed by atoms with Crippen LogP contribution in [-0.2, 0) is 10.2 Å². The van der Waals surface area contributed by atoms with E-state index in [0.29, 0.717) is 24.2 Å². The normalized spacial score (nSPS) is 24.1. The van der Waals surface area contributed by atoms with E-state index in [-0.39, 0.29) is 5.41 Å². The van der Waals surface area contributed by atoms with E-state index in [2.05, 4.69) is 36.4 Å². The number of hydrogen-bond donors (Lipinski definition) is 0. The second-order valence-corrected chi connectivity index (χ2v) is 9.82. The third-order valence-corrected chi connectivity index (χ3v) is 8.15. The van der Waals surface area contributed by atoms with Crippen LogP contribution in [-0.4, -0.2) is 5.78 Å². The average molecular weight is 414 g/mol. The lowest BCUT2D eigenvalue weighted by atomic mass is 9.62. The fourth-order valence-corrected chi connectivity index (χ4v) is 6.12. The number of carbonyl (C=O) groups is 1. The van der Waals surface area contributed by atoms with Gasteiger partial charge in [-0.25, -0.2) is 0 Å². The summed E-state index contributed by atoms with van der Waals surface area (Å²) in [5.41, 5.74) is 4.49. The Balaban J connectivity index is 1.55. The Hall–Kier alpha value is -2.40. The maximum atomic E-state index is 12.2. The molecule has 0 radical (unpaired) electrons. The summed E-state index contributed by atoms with van der Waals surface area (Å²) in [6, 6.07) is 19.1. The maximum Gasteiger partial charge on any atom is 0.132 e. The molecule has 4 rings (SSSR count). The zero-order valence-corrected chi connectivity index (χ0v) is 18.9. The van der Waals surface area contributed by atoms with Gasteiger partial charge in [0, 0.05) is 12.8 Å². The number of nitriles is 1. The lowest BCUT2D eigenvalue weighted by molar-refractivity contribution is -0.119. The quantitative estimate of drug-likeness (QED) is 0.469. The first-order valence-electron chi connectivity index (χ1n) is 12.3. The van der Waals surface area contributed by atoms with Gasteiger partial charge < -0.3 is 0 Å². The highest BCUT2D eigenvalue weighted by molar-refractivity contribution is 5.78. The van der Waals surface area contributed by atoms with Crippen molar-refractivity contribution in [3.05, 3.63) is 59.7 Å². The summed E-state index contributed by atoms with van der Waals surface area (Å²) in [5.74, 6) is 2.23. The van der Waals surface area contributed by atoms with Crippen molar-refractivity contribution in [1.82, 2.24) is 0 Å². The Bertz CT molecular complexity index is 922. The van der Waals surface area contributed by atoms with Crippen molar-refractivity contribution in [2.24, 2.45) is 11.8 Å². The van der Waals surface area contributed by atoms with Crippen LogP contribution >= 0.6 is 0 Å². The molecule has 2 saturated carbocycles. The van der Waals surface area contributed by atoms with Crippen LogP contribution in [0.2, 0.25) is 0 Å². The number of nitrogens with zero attached hydrogens (tertiary/aromatic N) is 1. The first kappa shape index (κ1) is 21.8. The zero-order valence-electron chi connectivity index (χ0n) is 18.9. The molecule has 0 aliphatic heterocycles. The van der Waals surface area contributed by atoms with Gasteiger partial charge in [0.25, 0.3) is 0 Å². The van der Waals surface area contributed by atoms with Crippen LogP contribution in [0.3, 0.4) is 0 Å². The lowest BCUT2D eigenvalue weighted by Crippen LogP contribution is -2.34. The molecule has 2 nitrogen and oxygen atoms in total. The van der Waals surface area contributed by atoms with Crippen LogP contribution in [0.15, 0.2) is 48.5 Å².